The SMILES string of the molecule is NNc1ncc(Br)c(OC2CCCc3ccccc32)n1. The highest BCUT2D eigenvalue weighted by molar-refractivity contribution is 9.10. The Bertz CT molecular complexity index is 620. The highest BCUT2D eigenvalue weighted by Gasteiger charge is 2.22. The van der Waals surface area contributed by atoms with Crippen LogP contribution in [0.4, 0.5) is 5.95 Å². The smallest absolute Gasteiger partial charge is 0.240 e. The highest BCUT2D eigenvalue weighted by Crippen LogP contribution is 2.35. The van der Waals surface area contributed by atoms with Gasteiger partial charge < -0.3 is 4.74 Å². The molecule has 6 heteroatoms. The molecule has 1 heterocycles. The van der Waals surface area contributed by atoms with Gasteiger partial charge in [-0.1, -0.05) is 24.3 Å². The normalized spacial score (nSPS) is 17.4. The van der Waals surface area contributed by atoms with Crippen LogP contribution in [0.3, 0.4) is 0 Å². The fourth-order valence-electron chi connectivity index (χ4n) is 2.47. The standard InChI is InChI=1S/C14H15BrN4O/c15-11-8-17-14(19-16)18-13(11)20-12-7-3-5-9-4-1-2-6-10(9)12/h1-2,4,6,8,12H,3,5,7,16H2,(H,17,18,19). The Hall–Kier alpha value is -1.66. The van der Waals surface area contributed by atoms with E-state index >= 15 is 0 Å². The van der Waals surface area contributed by atoms with Gasteiger partial charge in [-0.3, -0.25) is 5.43 Å². The molecule has 104 valence electrons. The number of anilines is 1. The summed E-state index contributed by atoms with van der Waals surface area (Å²) in [4.78, 5) is 8.26. The third-order valence-electron chi connectivity index (χ3n) is 3.41. The lowest BCUT2D eigenvalue weighted by atomic mass is 9.89. The lowest BCUT2D eigenvalue weighted by molar-refractivity contribution is 0.174. The Kier molecular flexibility index (Phi) is 3.84. The summed E-state index contributed by atoms with van der Waals surface area (Å²) in [5.41, 5.74) is 5.02. The van der Waals surface area contributed by atoms with Crippen molar-refractivity contribution in [3.05, 3.63) is 46.1 Å². The van der Waals surface area contributed by atoms with Crippen LogP contribution in [0.5, 0.6) is 5.88 Å². The number of halogens is 1. The molecule has 0 aliphatic heterocycles. The van der Waals surface area contributed by atoms with Gasteiger partial charge in [0.25, 0.3) is 0 Å². The largest absolute Gasteiger partial charge is 0.469 e. The monoisotopic (exact) mass is 334 g/mol. The average Bonchev–Trinajstić information content (AvgIpc) is 2.50. The van der Waals surface area contributed by atoms with Gasteiger partial charge in [-0.05, 0) is 46.3 Å². The molecule has 1 aliphatic carbocycles. The van der Waals surface area contributed by atoms with E-state index in [-0.39, 0.29) is 6.10 Å². The van der Waals surface area contributed by atoms with Crippen LogP contribution in [0.1, 0.15) is 30.1 Å². The summed E-state index contributed by atoms with van der Waals surface area (Å²) in [6.45, 7) is 0. The molecule has 0 spiro atoms. The molecule has 0 bridgehead atoms. The molecule has 0 saturated heterocycles. The van der Waals surface area contributed by atoms with Crippen LogP contribution in [-0.4, -0.2) is 9.97 Å². The number of aromatic nitrogens is 2. The zero-order valence-electron chi connectivity index (χ0n) is 10.8. The van der Waals surface area contributed by atoms with Gasteiger partial charge in [-0.2, -0.15) is 4.98 Å². The lowest BCUT2D eigenvalue weighted by Crippen LogP contribution is -2.17. The Morgan fingerprint density at radius 3 is 3.05 bits per heavy atom. The Morgan fingerprint density at radius 2 is 2.20 bits per heavy atom. The first-order chi connectivity index (χ1) is 9.78. The van der Waals surface area contributed by atoms with Crippen molar-refractivity contribution in [2.75, 3.05) is 5.43 Å². The molecule has 0 amide bonds. The third-order valence-corrected chi connectivity index (χ3v) is 3.95. The number of ether oxygens (including phenoxy) is 1. The summed E-state index contributed by atoms with van der Waals surface area (Å²) in [5.74, 6) is 6.18. The molecule has 20 heavy (non-hydrogen) atoms. The Morgan fingerprint density at radius 1 is 1.35 bits per heavy atom. The minimum Gasteiger partial charge on any atom is -0.469 e. The molecule has 0 radical (unpaired) electrons. The molecular formula is C14H15BrN4O. The van der Waals surface area contributed by atoms with Crippen LogP contribution < -0.4 is 16.0 Å². The molecule has 2 aromatic rings. The molecule has 1 atom stereocenters. The van der Waals surface area contributed by atoms with Crippen molar-refractivity contribution in [3.63, 3.8) is 0 Å². The number of hydrogen-bond acceptors (Lipinski definition) is 5. The van der Waals surface area contributed by atoms with Crippen LogP contribution in [0.15, 0.2) is 34.9 Å². The second-order valence-corrected chi connectivity index (χ2v) is 5.54. The minimum absolute atomic E-state index is 0.0248. The molecule has 5 nitrogen and oxygen atoms in total. The average molecular weight is 335 g/mol. The van der Waals surface area contributed by atoms with Gasteiger partial charge in [-0.25, -0.2) is 10.8 Å². The maximum absolute atomic E-state index is 6.06. The van der Waals surface area contributed by atoms with Crippen molar-refractivity contribution in [1.82, 2.24) is 9.97 Å². The van der Waals surface area contributed by atoms with Gasteiger partial charge in [0.15, 0.2) is 0 Å². The number of benzene rings is 1. The van der Waals surface area contributed by atoms with Crippen molar-refractivity contribution in [1.29, 1.82) is 0 Å². The van der Waals surface area contributed by atoms with Gasteiger partial charge in [0, 0.05) is 0 Å². The number of hydrogen-bond donors (Lipinski definition) is 2. The van der Waals surface area contributed by atoms with Crippen molar-refractivity contribution in [2.24, 2.45) is 5.84 Å². The van der Waals surface area contributed by atoms with E-state index in [1.807, 2.05) is 6.07 Å². The third kappa shape index (κ3) is 2.62. The van der Waals surface area contributed by atoms with E-state index in [4.69, 9.17) is 10.6 Å². The molecule has 1 aromatic heterocycles. The van der Waals surface area contributed by atoms with E-state index in [0.29, 0.717) is 11.8 Å². The Labute approximate surface area is 125 Å². The topological polar surface area (TPSA) is 73.1 Å². The lowest BCUT2D eigenvalue weighted by Gasteiger charge is -2.26. The van der Waals surface area contributed by atoms with Crippen LogP contribution in [-0.2, 0) is 6.42 Å². The number of nitrogens with one attached hydrogen (secondary N) is 1. The van der Waals surface area contributed by atoms with Crippen molar-refractivity contribution in [3.8, 4) is 5.88 Å². The molecule has 1 unspecified atom stereocenters. The van der Waals surface area contributed by atoms with E-state index < -0.39 is 0 Å². The molecule has 3 N–H and O–H groups in total. The number of nitrogen functional groups attached to an aromatic ring is 1. The predicted octanol–water partition coefficient (Wildman–Crippen LogP) is 2.98. The predicted molar refractivity (Wildman–Crippen MR) is 80.3 cm³/mol. The molecule has 0 fully saturated rings. The van der Waals surface area contributed by atoms with Gasteiger partial charge in [0.05, 0.1) is 10.7 Å². The second kappa shape index (κ2) is 5.76. The zero-order chi connectivity index (χ0) is 13.9. The van der Waals surface area contributed by atoms with Gasteiger partial charge >= 0.3 is 0 Å². The first-order valence-corrected chi connectivity index (χ1v) is 7.31. The molecule has 3 rings (SSSR count). The second-order valence-electron chi connectivity index (χ2n) is 4.69. The summed E-state index contributed by atoms with van der Waals surface area (Å²) < 4.78 is 6.78. The van der Waals surface area contributed by atoms with E-state index in [2.05, 4.69) is 49.5 Å². The quantitative estimate of drug-likeness (QED) is 0.666. The first kappa shape index (κ1) is 13.3. The van der Waals surface area contributed by atoms with Gasteiger partial charge in [0.1, 0.15) is 6.10 Å². The zero-order valence-corrected chi connectivity index (χ0v) is 12.4. The number of nitrogens with two attached hydrogens (primary N) is 1. The molecule has 0 saturated carbocycles. The van der Waals surface area contributed by atoms with E-state index in [0.717, 1.165) is 23.7 Å². The van der Waals surface area contributed by atoms with Crippen LogP contribution >= 0.6 is 15.9 Å². The summed E-state index contributed by atoms with van der Waals surface area (Å²) >= 11 is 3.41. The number of nitrogens with zero attached hydrogens (tertiary/aromatic N) is 2. The van der Waals surface area contributed by atoms with Crippen molar-refractivity contribution < 1.29 is 4.74 Å². The highest BCUT2D eigenvalue weighted by atomic mass is 79.9. The van der Waals surface area contributed by atoms with Crippen LogP contribution in [0.25, 0.3) is 0 Å². The van der Waals surface area contributed by atoms with Gasteiger partial charge in [0.2, 0.25) is 11.8 Å². The number of fused-ring (bicyclic) bond motifs is 1. The minimum atomic E-state index is 0.0248. The number of rotatable bonds is 3. The first-order valence-electron chi connectivity index (χ1n) is 6.51. The van der Waals surface area contributed by atoms with Crippen molar-refractivity contribution >= 4 is 21.9 Å². The summed E-state index contributed by atoms with van der Waals surface area (Å²) in [5, 5.41) is 0. The maximum atomic E-state index is 6.06. The molecular weight excluding hydrogens is 320 g/mol. The van der Waals surface area contributed by atoms with E-state index in [9.17, 15) is 0 Å². The Balaban J connectivity index is 1.89. The summed E-state index contributed by atoms with van der Waals surface area (Å²) in [6, 6.07) is 8.39. The summed E-state index contributed by atoms with van der Waals surface area (Å²) in [6.07, 6.45) is 4.87. The fraction of sp³-hybridized carbons (Fsp3) is 0.286. The molecule has 1 aliphatic rings. The maximum Gasteiger partial charge on any atom is 0.240 e. The van der Waals surface area contributed by atoms with Gasteiger partial charge in [-0.15, -0.1) is 0 Å². The summed E-state index contributed by atoms with van der Waals surface area (Å²) in [7, 11) is 0. The van der Waals surface area contributed by atoms with Crippen LogP contribution in [0, 0.1) is 0 Å². The fourth-order valence-corrected chi connectivity index (χ4v) is 2.75. The molecule has 1 aromatic carbocycles. The van der Waals surface area contributed by atoms with E-state index in [1.54, 1.807) is 6.20 Å². The van der Waals surface area contributed by atoms with Crippen LogP contribution in [0.2, 0.25) is 0 Å². The number of aryl methyl sites for hydroxylation is 1. The van der Waals surface area contributed by atoms with E-state index in [1.165, 1.54) is 11.1 Å². The number of hydrazine groups is 1. The van der Waals surface area contributed by atoms with Crippen molar-refractivity contribution in [2.45, 2.75) is 25.4 Å².